The van der Waals surface area contributed by atoms with E-state index in [0.717, 1.165) is 31.4 Å². The lowest BCUT2D eigenvalue weighted by Crippen LogP contribution is -2.47. The number of rotatable bonds is 9. The van der Waals surface area contributed by atoms with Crippen molar-refractivity contribution in [2.24, 2.45) is 5.92 Å². The van der Waals surface area contributed by atoms with E-state index in [0.29, 0.717) is 67.6 Å². The van der Waals surface area contributed by atoms with Crippen LogP contribution in [0, 0.1) is 5.92 Å². The molecule has 1 aliphatic carbocycles. The summed E-state index contributed by atoms with van der Waals surface area (Å²) < 4.78 is 36.0. The molecule has 1 N–H and O–H groups in total. The van der Waals surface area contributed by atoms with Crippen molar-refractivity contribution in [2.75, 3.05) is 39.8 Å². The Bertz CT molecular complexity index is 1420. The van der Waals surface area contributed by atoms with E-state index in [9.17, 15) is 13.2 Å². The van der Waals surface area contributed by atoms with Gasteiger partial charge in [0.1, 0.15) is 17.0 Å². The maximum Gasteiger partial charge on any atom is 0.262 e. The minimum Gasteiger partial charge on any atom is -0.493 e. The van der Waals surface area contributed by atoms with Crippen LogP contribution in [0.2, 0.25) is 0 Å². The first-order valence-corrected chi connectivity index (χ1v) is 14.2. The van der Waals surface area contributed by atoms with Crippen LogP contribution in [0.3, 0.4) is 0 Å². The highest BCUT2D eigenvalue weighted by Crippen LogP contribution is 2.35. The molecule has 0 spiro atoms. The van der Waals surface area contributed by atoms with E-state index < -0.39 is 10.0 Å². The molecule has 0 amide bonds. The molecule has 2 aliphatic rings. The number of hydrogen-bond donors (Lipinski definition) is 1. The fraction of sp³-hybridized carbons (Fsp3) is 0.560. The average Bonchev–Trinajstić information content (AvgIpc) is 3.61. The molecule has 2 aromatic heterocycles. The number of sulfonamides is 1. The number of nitrogens with one attached hydrogen (secondary N) is 1. The van der Waals surface area contributed by atoms with Crippen LogP contribution in [0.5, 0.6) is 5.75 Å². The third-order valence-electron chi connectivity index (χ3n) is 6.90. The standard InChI is InChI=1S/C25H34N6O4S/c1-4-10-31-24-22(20(28-31)15-17-6-7-17)25(32)27-23(26-24)19-16-18(8-9-21(19)35-5-2)36(33,34)30-13-11-29(3)12-14-30/h8-9,16-17H,4-7,10-15H2,1-3H3,(H,26,27,32). The zero-order valence-corrected chi connectivity index (χ0v) is 22.0. The molecule has 2 fully saturated rings. The molecular formula is C25H34N6O4S. The minimum atomic E-state index is -3.71. The predicted molar refractivity (Wildman–Crippen MR) is 138 cm³/mol. The van der Waals surface area contributed by atoms with Gasteiger partial charge in [0.15, 0.2) is 5.65 Å². The number of benzene rings is 1. The first kappa shape index (κ1) is 24.9. The number of hydrogen-bond acceptors (Lipinski definition) is 7. The van der Waals surface area contributed by atoms with Crippen LogP contribution >= 0.6 is 0 Å². The first-order chi connectivity index (χ1) is 17.3. The Morgan fingerprint density at radius 1 is 1.14 bits per heavy atom. The monoisotopic (exact) mass is 514 g/mol. The van der Waals surface area contributed by atoms with E-state index >= 15 is 0 Å². The van der Waals surface area contributed by atoms with Crippen LogP contribution in [-0.4, -0.2) is 77.2 Å². The molecule has 3 aromatic rings. The van der Waals surface area contributed by atoms with Crippen LogP contribution in [0.25, 0.3) is 22.4 Å². The van der Waals surface area contributed by atoms with Crippen molar-refractivity contribution in [3.05, 3.63) is 34.2 Å². The normalized spacial score (nSPS) is 17.6. The van der Waals surface area contributed by atoms with Gasteiger partial charge in [0.05, 0.1) is 22.8 Å². The number of H-pyrrole nitrogens is 1. The number of aromatic nitrogens is 4. The second kappa shape index (κ2) is 9.95. The van der Waals surface area contributed by atoms with E-state index in [1.54, 1.807) is 22.9 Å². The molecule has 3 heterocycles. The van der Waals surface area contributed by atoms with Crippen molar-refractivity contribution >= 4 is 21.1 Å². The smallest absolute Gasteiger partial charge is 0.262 e. The Kier molecular flexibility index (Phi) is 6.88. The lowest BCUT2D eigenvalue weighted by Gasteiger charge is -2.31. The van der Waals surface area contributed by atoms with E-state index in [1.807, 2.05) is 14.0 Å². The lowest BCUT2D eigenvalue weighted by atomic mass is 10.1. The van der Waals surface area contributed by atoms with Crippen LogP contribution in [0.15, 0.2) is 27.9 Å². The number of ether oxygens (including phenoxy) is 1. The molecule has 1 saturated carbocycles. The largest absolute Gasteiger partial charge is 0.493 e. The van der Waals surface area contributed by atoms with Crippen molar-refractivity contribution in [1.29, 1.82) is 0 Å². The Morgan fingerprint density at radius 2 is 1.89 bits per heavy atom. The second-order valence-corrected chi connectivity index (χ2v) is 11.7. The summed E-state index contributed by atoms with van der Waals surface area (Å²) in [6, 6.07) is 4.77. The van der Waals surface area contributed by atoms with Crippen LogP contribution in [0.1, 0.15) is 38.8 Å². The summed E-state index contributed by atoms with van der Waals surface area (Å²) in [5.41, 5.74) is 1.50. The Hall–Kier alpha value is -2.76. The fourth-order valence-corrected chi connectivity index (χ4v) is 6.15. The summed E-state index contributed by atoms with van der Waals surface area (Å²) >= 11 is 0. The molecule has 1 aromatic carbocycles. The number of aryl methyl sites for hydroxylation is 1. The maximum absolute atomic E-state index is 13.4. The van der Waals surface area contributed by atoms with Gasteiger partial charge in [-0.3, -0.25) is 4.79 Å². The number of fused-ring (bicyclic) bond motifs is 1. The Balaban J connectivity index is 1.61. The van der Waals surface area contributed by atoms with Gasteiger partial charge < -0.3 is 14.6 Å². The molecule has 0 atom stereocenters. The minimum absolute atomic E-state index is 0.157. The lowest BCUT2D eigenvalue weighted by molar-refractivity contribution is 0.222. The van der Waals surface area contributed by atoms with Crippen LogP contribution < -0.4 is 10.3 Å². The molecule has 0 bridgehead atoms. The topological polar surface area (TPSA) is 113 Å². The van der Waals surface area contributed by atoms with Gasteiger partial charge >= 0.3 is 0 Å². The molecule has 0 radical (unpaired) electrons. The van der Waals surface area contributed by atoms with Crippen molar-refractivity contribution in [3.63, 3.8) is 0 Å². The fourth-order valence-electron chi connectivity index (χ4n) is 4.70. The quantitative estimate of drug-likeness (QED) is 0.467. The third-order valence-corrected chi connectivity index (χ3v) is 8.79. The number of aromatic amines is 1. The summed E-state index contributed by atoms with van der Waals surface area (Å²) in [6.45, 7) is 7.18. The third kappa shape index (κ3) is 4.79. The van der Waals surface area contributed by atoms with Crippen molar-refractivity contribution in [1.82, 2.24) is 29.0 Å². The highest BCUT2D eigenvalue weighted by molar-refractivity contribution is 7.89. The first-order valence-electron chi connectivity index (χ1n) is 12.8. The molecule has 0 unspecified atom stereocenters. The molecule has 1 aliphatic heterocycles. The van der Waals surface area contributed by atoms with Gasteiger partial charge in [-0.1, -0.05) is 6.92 Å². The zero-order valence-electron chi connectivity index (χ0n) is 21.2. The highest BCUT2D eigenvalue weighted by atomic mass is 32.2. The van der Waals surface area contributed by atoms with Gasteiger partial charge in [-0.25, -0.2) is 18.1 Å². The molecule has 5 rings (SSSR count). The van der Waals surface area contributed by atoms with Gasteiger partial charge in [0, 0.05) is 32.7 Å². The number of piperazine rings is 1. The number of nitrogens with zero attached hydrogens (tertiary/aromatic N) is 5. The summed E-state index contributed by atoms with van der Waals surface area (Å²) in [6.07, 6.45) is 3.96. The van der Waals surface area contributed by atoms with Gasteiger partial charge in [-0.15, -0.1) is 0 Å². The molecule has 1 saturated heterocycles. The number of likely N-dealkylation sites (N-methyl/N-ethyl adjacent to an activating group) is 1. The van der Waals surface area contributed by atoms with E-state index in [1.165, 1.54) is 4.31 Å². The van der Waals surface area contributed by atoms with Crippen molar-refractivity contribution in [2.45, 2.75) is 51.0 Å². The summed E-state index contributed by atoms with van der Waals surface area (Å²) in [7, 11) is -1.72. The molecule has 36 heavy (non-hydrogen) atoms. The SMILES string of the molecule is CCCn1nc(CC2CC2)c2c(=O)[nH]c(-c3cc(S(=O)(=O)N4CCN(C)CC4)ccc3OCC)nc21. The highest BCUT2D eigenvalue weighted by Gasteiger charge is 2.30. The van der Waals surface area contributed by atoms with Gasteiger partial charge in [-0.2, -0.15) is 9.40 Å². The Morgan fingerprint density at radius 3 is 2.56 bits per heavy atom. The van der Waals surface area contributed by atoms with Gasteiger partial charge in [0.25, 0.3) is 5.56 Å². The summed E-state index contributed by atoms with van der Waals surface area (Å²) in [5, 5.41) is 5.26. The van der Waals surface area contributed by atoms with Gasteiger partial charge in [-0.05, 0) is 63.8 Å². The molecule has 11 heteroatoms. The molecular weight excluding hydrogens is 480 g/mol. The van der Waals surface area contributed by atoms with Crippen molar-refractivity contribution < 1.29 is 13.2 Å². The summed E-state index contributed by atoms with van der Waals surface area (Å²) in [4.78, 5) is 23.3. The molecule has 10 nitrogen and oxygen atoms in total. The van der Waals surface area contributed by atoms with E-state index in [4.69, 9.17) is 14.8 Å². The summed E-state index contributed by atoms with van der Waals surface area (Å²) in [5.74, 6) is 1.33. The average molecular weight is 515 g/mol. The predicted octanol–water partition coefficient (Wildman–Crippen LogP) is 2.48. The van der Waals surface area contributed by atoms with Crippen LogP contribution in [-0.2, 0) is 23.0 Å². The van der Waals surface area contributed by atoms with E-state index in [2.05, 4.69) is 16.8 Å². The van der Waals surface area contributed by atoms with Crippen LogP contribution in [0.4, 0.5) is 0 Å². The van der Waals surface area contributed by atoms with E-state index in [-0.39, 0.29) is 16.3 Å². The second-order valence-electron chi connectivity index (χ2n) is 9.73. The Labute approximate surface area is 211 Å². The maximum atomic E-state index is 13.4. The zero-order chi connectivity index (χ0) is 25.4. The molecule has 194 valence electrons. The van der Waals surface area contributed by atoms with Crippen molar-refractivity contribution in [3.8, 4) is 17.1 Å². The van der Waals surface area contributed by atoms with Gasteiger partial charge in [0.2, 0.25) is 10.0 Å².